The van der Waals surface area contributed by atoms with E-state index in [-0.39, 0.29) is 11.6 Å². The summed E-state index contributed by atoms with van der Waals surface area (Å²) in [6.07, 6.45) is 3.33. The molecule has 0 aliphatic carbocycles. The molecule has 0 unspecified atom stereocenters. The maximum atomic E-state index is 11.7. The topological polar surface area (TPSA) is 34.1 Å². The molecule has 102 valence electrons. The minimum absolute atomic E-state index is 0.0806. The second kappa shape index (κ2) is 6.46. The summed E-state index contributed by atoms with van der Waals surface area (Å²) in [5.74, 6) is -0.750. The Hall–Kier alpha value is -1.70. The fourth-order valence-electron chi connectivity index (χ4n) is 2.64. The first-order valence-electron chi connectivity index (χ1n) is 6.59. The van der Waals surface area contributed by atoms with E-state index >= 15 is 0 Å². The molecule has 0 saturated heterocycles. The van der Waals surface area contributed by atoms with Gasteiger partial charge in [0.2, 0.25) is 0 Å². The molecule has 1 rings (SSSR count). The number of ketones is 2. The fraction of sp³-hybridized carbons (Fsp3) is 0.412. The third-order valence-electron chi connectivity index (χ3n) is 3.73. The first-order chi connectivity index (χ1) is 8.90. The van der Waals surface area contributed by atoms with E-state index in [0.717, 1.165) is 12.8 Å². The Bertz CT molecular complexity index is 447. The summed E-state index contributed by atoms with van der Waals surface area (Å²) in [6, 6.07) is 10.1. The summed E-state index contributed by atoms with van der Waals surface area (Å²) >= 11 is 0. The number of carbonyl (C=O) groups excluding carboxylic acids is 2. The largest absolute Gasteiger partial charge is 0.299 e. The second-order valence-corrected chi connectivity index (χ2v) is 5.35. The molecule has 0 amide bonds. The van der Waals surface area contributed by atoms with Crippen LogP contribution in [0.25, 0.3) is 0 Å². The molecule has 0 heterocycles. The van der Waals surface area contributed by atoms with Crippen LogP contribution in [0.1, 0.15) is 32.8 Å². The van der Waals surface area contributed by atoms with Gasteiger partial charge in [-0.2, -0.15) is 0 Å². The third kappa shape index (κ3) is 3.88. The predicted octanol–water partition coefficient (Wildman–Crippen LogP) is 3.61. The normalized spacial score (nSPS) is 13.9. The molecule has 1 aromatic carbocycles. The van der Waals surface area contributed by atoms with Crippen LogP contribution in [-0.4, -0.2) is 11.6 Å². The maximum absolute atomic E-state index is 11.7. The maximum Gasteiger partial charge on any atom is 0.141 e. The number of carbonyl (C=O) groups is 2. The molecule has 0 N–H and O–H groups in total. The van der Waals surface area contributed by atoms with Gasteiger partial charge in [-0.05, 0) is 32.3 Å². The van der Waals surface area contributed by atoms with Crippen LogP contribution in [0.15, 0.2) is 43.0 Å². The van der Waals surface area contributed by atoms with Gasteiger partial charge in [0.15, 0.2) is 0 Å². The van der Waals surface area contributed by atoms with Gasteiger partial charge in [0.25, 0.3) is 0 Å². The lowest BCUT2D eigenvalue weighted by Gasteiger charge is -2.32. The predicted molar refractivity (Wildman–Crippen MR) is 77.9 cm³/mol. The van der Waals surface area contributed by atoms with Gasteiger partial charge in [0, 0.05) is 5.41 Å². The minimum atomic E-state index is -0.589. The summed E-state index contributed by atoms with van der Waals surface area (Å²) in [7, 11) is 0. The summed E-state index contributed by atoms with van der Waals surface area (Å²) < 4.78 is 0. The SMILES string of the molecule is C=C[C@@](C)(CCc1ccccc1)C(C(C)=O)C(C)=O. The molecule has 1 atom stereocenters. The molecule has 0 aliphatic heterocycles. The van der Waals surface area contributed by atoms with Crippen molar-refractivity contribution >= 4 is 11.6 Å². The van der Waals surface area contributed by atoms with Gasteiger partial charge in [-0.15, -0.1) is 6.58 Å². The van der Waals surface area contributed by atoms with Gasteiger partial charge in [-0.25, -0.2) is 0 Å². The molecule has 19 heavy (non-hydrogen) atoms. The van der Waals surface area contributed by atoms with E-state index in [1.165, 1.54) is 19.4 Å². The second-order valence-electron chi connectivity index (χ2n) is 5.35. The Morgan fingerprint density at radius 1 is 1.21 bits per heavy atom. The number of aryl methyl sites for hydroxylation is 1. The van der Waals surface area contributed by atoms with E-state index in [4.69, 9.17) is 0 Å². The molecular weight excluding hydrogens is 236 g/mol. The molecule has 0 fully saturated rings. The van der Waals surface area contributed by atoms with Crippen LogP contribution in [0.2, 0.25) is 0 Å². The Labute approximate surface area is 115 Å². The highest BCUT2D eigenvalue weighted by atomic mass is 16.1. The van der Waals surface area contributed by atoms with E-state index in [1.54, 1.807) is 6.08 Å². The van der Waals surface area contributed by atoms with Crippen molar-refractivity contribution in [1.82, 2.24) is 0 Å². The lowest BCUT2D eigenvalue weighted by Crippen LogP contribution is -2.36. The zero-order valence-corrected chi connectivity index (χ0v) is 12.0. The quantitative estimate of drug-likeness (QED) is 0.553. The van der Waals surface area contributed by atoms with Crippen molar-refractivity contribution < 1.29 is 9.59 Å². The Kier molecular flexibility index (Phi) is 5.22. The minimum Gasteiger partial charge on any atom is -0.299 e. The molecule has 0 spiro atoms. The summed E-state index contributed by atoms with van der Waals surface area (Å²) in [5, 5.41) is 0. The smallest absolute Gasteiger partial charge is 0.141 e. The molecule has 0 aliphatic rings. The average Bonchev–Trinajstić information content (AvgIpc) is 2.37. The first kappa shape index (κ1) is 15.4. The number of allylic oxidation sites excluding steroid dienone is 1. The highest BCUT2D eigenvalue weighted by Gasteiger charge is 2.37. The number of hydrogen-bond acceptors (Lipinski definition) is 2. The lowest BCUT2D eigenvalue weighted by atomic mass is 9.70. The Morgan fingerprint density at radius 3 is 2.16 bits per heavy atom. The molecule has 0 radical (unpaired) electrons. The number of rotatable bonds is 7. The van der Waals surface area contributed by atoms with Gasteiger partial charge in [-0.3, -0.25) is 9.59 Å². The van der Waals surface area contributed by atoms with Gasteiger partial charge >= 0.3 is 0 Å². The Morgan fingerprint density at radius 2 is 1.74 bits per heavy atom. The van der Waals surface area contributed by atoms with Gasteiger partial charge in [0.05, 0.1) is 5.92 Å². The highest BCUT2D eigenvalue weighted by molar-refractivity contribution is 6.01. The van der Waals surface area contributed by atoms with Gasteiger partial charge in [0.1, 0.15) is 11.6 Å². The van der Waals surface area contributed by atoms with Crippen LogP contribution in [0, 0.1) is 11.3 Å². The Balaban J connectivity index is 2.88. The highest BCUT2D eigenvalue weighted by Crippen LogP contribution is 2.35. The van der Waals surface area contributed by atoms with E-state index in [1.807, 2.05) is 25.1 Å². The van der Waals surface area contributed by atoms with Crippen molar-refractivity contribution in [2.45, 2.75) is 33.6 Å². The lowest BCUT2D eigenvalue weighted by molar-refractivity contribution is -0.134. The van der Waals surface area contributed by atoms with Crippen molar-refractivity contribution in [3.05, 3.63) is 48.6 Å². The van der Waals surface area contributed by atoms with Crippen LogP contribution in [0.4, 0.5) is 0 Å². The molecule has 2 nitrogen and oxygen atoms in total. The van der Waals surface area contributed by atoms with Crippen LogP contribution >= 0.6 is 0 Å². The standard InChI is InChI=1S/C17H22O2/c1-5-17(4,16(13(2)18)14(3)19)12-11-15-9-7-6-8-10-15/h5-10,16H,1,11-12H2,2-4H3/t17-/m0/s1. The van der Waals surface area contributed by atoms with Crippen molar-refractivity contribution in [2.75, 3.05) is 0 Å². The van der Waals surface area contributed by atoms with Crippen molar-refractivity contribution in [3.8, 4) is 0 Å². The zero-order chi connectivity index (χ0) is 14.5. The summed E-state index contributed by atoms with van der Waals surface area (Å²) in [5.41, 5.74) is 0.731. The molecular formula is C17H22O2. The van der Waals surface area contributed by atoms with Gasteiger partial charge in [-0.1, -0.05) is 43.3 Å². The van der Waals surface area contributed by atoms with Crippen molar-refractivity contribution in [1.29, 1.82) is 0 Å². The number of Topliss-reactive ketones (excluding diaryl/α,β-unsaturated/α-hetero) is 2. The summed E-state index contributed by atoms with van der Waals surface area (Å²) in [4.78, 5) is 23.5. The third-order valence-corrected chi connectivity index (χ3v) is 3.73. The first-order valence-corrected chi connectivity index (χ1v) is 6.59. The monoisotopic (exact) mass is 258 g/mol. The van der Waals surface area contributed by atoms with Crippen LogP contribution in [-0.2, 0) is 16.0 Å². The van der Waals surface area contributed by atoms with E-state index in [0.29, 0.717) is 0 Å². The molecule has 0 aromatic heterocycles. The van der Waals surface area contributed by atoms with E-state index < -0.39 is 11.3 Å². The van der Waals surface area contributed by atoms with Crippen molar-refractivity contribution in [3.63, 3.8) is 0 Å². The molecule has 0 bridgehead atoms. The number of hydrogen-bond donors (Lipinski definition) is 0. The molecule has 0 saturated carbocycles. The summed E-state index contributed by atoms with van der Waals surface area (Å²) in [6.45, 7) is 8.73. The van der Waals surface area contributed by atoms with Crippen molar-refractivity contribution in [2.24, 2.45) is 11.3 Å². The van der Waals surface area contributed by atoms with Crippen LogP contribution in [0.3, 0.4) is 0 Å². The molecule has 2 heteroatoms. The van der Waals surface area contributed by atoms with Crippen LogP contribution in [0.5, 0.6) is 0 Å². The van der Waals surface area contributed by atoms with Gasteiger partial charge < -0.3 is 0 Å². The fourth-order valence-corrected chi connectivity index (χ4v) is 2.64. The average molecular weight is 258 g/mol. The van der Waals surface area contributed by atoms with Crippen LogP contribution < -0.4 is 0 Å². The molecule has 1 aromatic rings. The van der Waals surface area contributed by atoms with E-state index in [9.17, 15) is 9.59 Å². The zero-order valence-electron chi connectivity index (χ0n) is 12.0. The van der Waals surface area contributed by atoms with E-state index in [2.05, 4.69) is 18.7 Å². The number of benzene rings is 1.